The van der Waals surface area contributed by atoms with Crippen molar-refractivity contribution in [3.63, 3.8) is 0 Å². The van der Waals surface area contributed by atoms with Gasteiger partial charge in [-0.1, -0.05) is 41.9 Å². The molecule has 9 nitrogen and oxygen atoms in total. The third kappa shape index (κ3) is 7.11. The molecule has 1 fully saturated rings. The summed E-state index contributed by atoms with van der Waals surface area (Å²) < 4.78 is 1.73. The van der Waals surface area contributed by atoms with Gasteiger partial charge < -0.3 is 25.0 Å². The molecule has 0 radical (unpaired) electrons. The maximum absolute atomic E-state index is 13.2. The fourth-order valence-electron chi connectivity index (χ4n) is 4.33. The second-order valence-corrected chi connectivity index (χ2v) is 8.88. The maximum Gasteiger partial charge on any atom is 0.351 e. The number of carbonyl (C=O) groups is 2. The van der Waals surface area contributed by atoms with Crippen LogP contribution < -0.4 is 15.6 Å². The monoisotopic (exact) mass is 501 g/mol. The van der Waals surface area contributed by atoms with Crippen molar-refractivity contribution < 1.29 is 29.8 Å². The Morgan fingerprint density at radius 2 is 1.74 bits per heavy atom. The minimum atomic E-state index is -2.07. The van der Waals surface area contributed by atoms with E-state index in [1.807, 2.05) is 48.5 Å². The number of aromatic nitrogens is 2. The van der Waals surface area contributed by atoms with Gasteiger partial charge in [-0.3, -0.25) is 4.79 Å². The number of benzene rings is 2. The van der Waals surface area contributed by atoms with E-state index in [9.17, 15) is 9.90 Å². The van der Waals surface area contributed by atoms with Crippen LogP contribution in [-0.4, -0.2) is 58.2 Å². The highest BCUT2D eigenvalue weighted by molar-refractivity contribution is 6.30. The van der Waals surface area contributed by atoms with Crippen LogP contribution in [0.25, 0.3) is 10.8 Å². The molecule has 0 bridgehead atoms. The van der Waals surface area contributed by atoms with E-state index in [1.54, 1.807) is 4.68 Å². The first-order chi connectivity index (χ1) is 16.8. The van der Waals surface area contributed by atoms with Crippen LogP contribution in [0.2, 0.25) is 5.02 Å². The van der Waals surface area contributed by atoms with E-state index in [0.29, 0.717) is 11.4 Å². The van der Waals surface area contributed by atoms with Crippen molar-refractivity contribution in [2.45, 2.75) is 31.7 Å². The van der Waals surface area contributed by atoms with E-state index in [1.165, 1.54) is 4.90 Å². The van der Waals surface area contributed by atoms with Gasteiger partial charge in [-0.25, -0.2) is 9.48 Å². The lowest BCUT2D eigenvalue weighted by Crippen LogP contribution is -3.12. The summed E-state index contributed by atoms with van der Waals surface area (Å²) in [5, 5.41) is 32.8. The summed E-state index contributed by atoms with van der Waals surface area (Å²) in [6.45, 7) is 2.98. The highest BCUT2D eigenvalue weighted by Gasteiger charge is 2.23. The third-order valence-corrected chi connectivity index (χ3v) is 6.33. The van der Waals surface area contributed by atoms with Crippen molar-refractivity contribution in [3.8, 4) is 0 Å². The number of likely N-dealkylation sites (tertiary alicyclic amines) is 1. The highest BCUT2D eigenvalue weighted by Crippen LogP contribution is 2.22. The van der Waals surface area contributed by atoms with E-state index >= 15 is 0 Å². The van der Waals surface area contributed by atoms with Gasteiger partial charge in [0.25, 0.3) is 5.56 Å². The van der Waals surface area contributed by atoms with Crippen LogP contribution in [0.4, 0.5) is 0 Å². The van der Waals surface area contributed by atoms with E-state index in [0.717, 1.165) is 60.9 Å². The van der Waals surface area contributed by atoms with Crippen LogP contribution in [0.1, 0.15) is 36.6 Å². The van der Waals surface area contributed by atoms with Crippen LogP contribution in [0.3, 0.4) is 0 Å². The fraction of sp³-hybridized carbons (Fsp3) is 0.360. The van der Waals surface area contributed by atoms with E-state index in [-0.39, 0.29) is 18.2 Å². The summed E-state index contributed by atoms with van der Waals surface area (Å²) in [4.78, 5) is 32.7. The van der Waals surface area contributed by atoms with Crippen LogP contribution in [-0.2, 0) is 16.0 Å². The molecule has 0 aliphatic carbocycles. The molecule has 2 unspecified atom stereocenters. The maximum atomic E-state index is 13.2. The first-order valence-corrected chi connectivity index (χ1v) is 11.8. The van der Waals surface area contributed by atoms with Crippen molar-refractivity contribution >= 4 is 34.3 Å². The standard InChI is InChI=1S/C23H26ClN3O2.C2H2O4/c24-18-9-7-17(8-10-18)16-22-20-5-1-2-6-21(20)23(29)27(25-22)19-4-3-12-26(13-11-19)14-15-28;3-1(4)2(5)6/h1-2,5-10,19,28H,3-4,11-16H2;(H,3,4)(H,5,6). The van der Waals surface area contributed by atoms with E-state index < -0.39 is 11.9 Å². The molecule has 3 aromatic rings. The summed E-state index contributed by atoms with van der Waals surface area (Å²) >= 11 is 6.03. The predicted octanol–water partition coefficient (Wildman–Crippen LogP) is 0.0638. The molecule has 4 rings (SSSR count). The Kier molecular flexibility index (Phi) is 9.36. The number of aliphatic carboxylic acids is 2. The molecule has 2 atom stereocenters. The topological polar surface area (TPSA) is 137 Å². The molecule has 0 saturated carbocycles. The lowest BCUT2D eigenvalue weighted by Gasteiger charge is -2.19. The van der Waals surface area contributed by atoms with Gasteiger partial charge in [0.15, 0.2) is 5.97 Å². The molecule has 0 spiro atoms. The second-order valence-electron chi connectivity index (χ2n) is 8.45. The van der Waals surface area contributed by atoms with Crippen molar-refractivity contribution in [3.05, 3.63) is 75.2 Å². The first-order valence-electron chi connectivity index (χ1n) is 11.4. The SMILES string of the molecule is O=C([O-])C(=O)O.O=c1c2ccccc2c(Cc2ccc(Cl)cc2)nn1C1CCC[NH+](CCO)CC1. The number of nitrogens with zero attached hydrogens (tertiary/aromatic N) is 2. The minimum absolute atomic E-state index is 0.00364. The lowest BCUT2D eigenvalue weighted by molar-refractivity contribution is -0.899. The minimum Gasteiger partial charge on any atom is -0.539 e. The molecule has 1 aliphatic rings. The Bertz CT molecular complexity index is 1220. The largest absolute Gasteiger partial charge is 0.539 e. The number of nitrogens with one attached hydrogen (secondary N) is 1. The van der Waals surface area contributed by atoms with Crippen molar-refractivity contribution in [2.24, 2.45) is 0 Å². The number of quaternary nitrogens is 1. The summed E-state index contributed by atoms with van der Waals surface area (Å²) in [5.41, 5.74) is 2.04. The lowest BCUT2D eigenvalue weighted by atomic mass is 10.0. The zero-order chi connectivity index (χ0) is 25.4. The number of aliphatic hydroxyl groups is 1. The molecule has 0 amide bonds. The third-order valence-electron chi connectivity index (χ3n) is 6.07. The van der Waals surface area contributed by atoms with Gasteiger partial charge in [0.1, 0.15) is 6.54 Å². The Balaban J connectivity index is 0.000000509. The van der Waals surface area contributed by atoms with Gasteiger partial charge in [-0.2, -0.15) is 5.10 Å². The quantitative estimate of drug-likeness (QED) is 0.420. The molecule has 35 heavy (non-hydrogen) atoms. The molecular formula is C25H28ClN3O6. The Labute approximate surface area is 207 Å². The van der Waals surface area contributed by atoms with Gasteiger partial charge in [0.05, 0.1) is 36.8 Å². The predicted molar refractivity (Wildman–Crippen MR) is 128 cm³/mol. The normalized spacial score (nSPS) is 17.8. The zero-order valence-electron chi connectivity index (χ0n) is 19.2. The molecule has 2 aromatic carbocycles. The van der Waals surface area contributed by atoms with Crippen molar-refractivity contribution in [1.29, 1.82) is 0 Å². The van der Waals surface area contributed by atoms with E-state index in [4.69, 9.17) is 36.5 Å². The number of carboxylic acids is 2. The molecule has 10 heteroatoms. The second kappa shape index (κ2) is 12.4. The summed E-state index contributed by atoms with van der Waals surface area (Å²) in [6, 6.07) is 15.7. The molecule has 3 N–H and O–H groups in total. The van der Waals surface area contributed by atoms with Gasteiger partial charge >= 0.3 is 5.97 Å². The van der Waals surface area contributed by atoms with Crippen LogP contribution in [0.5, 0.6) is 0 Å². The average Bonchev–Trinajstić information content (AvgIpc) is 3.08. The number of rotatable bonds is 5. The van der Waals surface area contributed by atoms with Gasteiger partial charge in [-0.15, -0.1) is 0 Å². The summed E-state index contributed by atoms with van der Waals surface area (Å²) in [6.07, 6.45) is 3.54. The number of hydrogen-bond acceptors (Lipinski definition) is 6. The number of carboxylic acid groups (broad SMARTS) is 2. The number of halogens is 1. The molecule has 1 saturated heterocycles. The Morgan fingerprint density at radius 1 is 1.09 bits per heavy atom. The molecule has 1 aliphatic heterocycles. The van der Waals surface area contributed by atoms with Crippen molar-refractivity contribution in [1.82, 2.24) is 9.78 Å². The van der Waals surface area contributed by atoms with Crippen LogP contribution >= 0.6 is 11.6 Å². The molecule has 186 valence electrons. The smallest absolute Gasteiger partial charge is 0.351 e. The van der Waals surface area contributed by atoms with Gasteiger partial charge in [-0.05, 0) is 36.6 Å². The number of hydrogen-bond donors (Lipinski definition) is 3. The van der Waals surface area contributed by atoms with Gasteiger partial charge in [0.2, 0.25) is 0 Å². The molecule has 2 heterocycles. The summed E-state index contributed by atoms with van der Waals surface area (Å²) in [5.74, 6) is -4.01. The van der Waals surface area contributed by atoms with Gasteiger partial charge in [0, 0.05) is 23.3 Å². The first kappa shape index (κ1) is 26.3. The zero-order valence-corrected chi connectivity index (χ0v) is 19.9. The van der Waals surface area contributed by atoms with Crippen LogP contribution in [0.15, 0.2) is 53.3 Å². The Morgan fingerprint density at radius 3 is 2.37 bits per heavy atom. The number of aliphatic hydroxyl groups excluding tert-OH is 1. The number of carbonyl (C=O) groups excluding carboxylic acids is 1. The number of fused-ring (bicyclic) bond motifs is 1. The fourth-order valence-corrected chi connectivity index (χ4v) is 4.45. The average molecular weight is 502 g/mol. The van der Waals surface area contributed by atoms with Crippen LogP contribution in [0, 0.1) is 0 Å². The van der Waals surface area contributed by atoms with E-state index in [2.05, 4.69) is 0 Å². The Hall–Kier alpha value is -3.27. The van der Waals surface area contributed by atoms with Crippen molar-refractivity contribution in [2.75, 3.05) is 26.2 Å². The summed E-state index contributed by atoms with van der Waals surface area (Å²) in [7, 11) is 0. The molecular weight excluding hydrogens is 474 g/mol. The highest BCUT2D eigenvalue weighted by atomic mass is 35.5. The molecule has 1 aromatic heterocycles.